The largest absolute Gasteiger partial charge is 0.340 e. The summed E-state index contributed by atoms with van der Waals surface area (Å²) in [5.41, 5.74) is 2.34. The van der Waals surface area contributed by atoms with Crippen molar-refractivity contribution >= 4 is 40.5 Å². The van der Waals surface area contributed by atoms with Crippen LogP contribution in [0.2, 0.25) is 5.02 Å². The Morgan fingerprint density at radius 1 is 0.962 bits per heavy atom. The SMILES string of the molecule is CC(=O)c1cccc(Nc2ccc(NC(=O)c3ccccc3Cl)cn2)c1. The van der Waals surface area contributed by atoms with Crippen molar-refractivity contribution in [2.75, 3.05) is 10.6 Å². The number of rotatable bonds is 5. The molecule has 2 N–H and O–H groups in total. The van der Waals surface area contributed by atoms with E-state index in [0.29, 0.717) is 27.7 Å². The molecule has 0 saturated heterocycles. The zero-order valence-corrected chi connectivity index (χ0v) is 14.7. The maximum atomic E-state index is 12.2. The van der Waals surface area contributed by atoms with Gasteiger partial charge in [0.05, 0.1) is 22.5 Å². The van der Waals surface area contributed by atoms with E-state index in [1.165, 1.54) is 6.92 Å². The second kappa shape index (κ2) is 7.80. The van der Waals surface area contributed by atoms with Crippen LogP contribution in [-0.2, 0) is 0 Å². The molecule has 0 radical (unpaired) electrons. The molecule has 5 nitrogen and oxygen atoms in total. The van der Waals surface area contributed by atoms with Crippen molar-refractivity contribution in [2.45, 2.75) is 6.92 Å². The lowest BCUT2D eigenvalue weighted by molar-refractivity contribution is 0.101. The quantitative estimate of drug-likeness (QED) is 0.628. The van der Waals surface area contributed by atoms with E-state index < -0.39 is 0 Å². The predicted octanol–water partition coefficient (Wildman–Crippen LogP) is 4.93. The van der Waals surface area contributed by atoms with E-state index in [9.17, 15) is 9.59 Å². The Morgan fingerprint density at radius 3 is 2.46 bits per heavy atom. The van der Waals surface area contributed by atoms with Gasteiger partial charge in [0.15, 0.2) is 5.78 Å². The van der Waals surface area contributed by atoms with Crippen LogP contribution in [-0.4, -0.2) is 16.7 Å². The first-order valence-electron chi connectivity index (χ1n) is 7.93. The number of pyridine rings is 1. The number of benzene rings is 2. The van der Waals surface area contributed by atoms with Crippen LogP contribution < -0.4 is 10.6 Å². The Morgan fingerprint density at radius 2 is 1.77 bits per heavy atom. The van der Waals surface area contributed by atoms with Gasteiger partial charge in [-0.05, 0) is 43.3 Å². The minimum absolute atomic E-state index is 0.000702. The number of nitrogens with zero attached hydrogens (tertiary/aromatic N) is 1. The third-order valence-corrected chi connectivity index (χ3v) is 4.01. The molecule has 0 fully saturated rings. The standard InChI is InChI=1S/C20H16ClN3O2/c1-13(25)14-5-4-6-15(11-14)23-19-10-9-16(12-22-19)24-20(26)17-7-2-3-8-18(17)21/h2-12H,1H3,(H,22,23)(H,24,26). The van der Waals surface area contributed by atoms with Gasteiger partial charge in [-0.3, -0.25) is 9.59 Å². The smallest absolute Gasteiger partial charge is 0.257 e. The molecule has 3 aromatic rings. The average molecular weight is 366 g/mol. The fourth-order valence-electron chi connectivity index (χ4n) is 2.35. The zero-order valence-electron chi connectivity index (χ0n) is 14.0. The van der Waals surface area contributed by atoms with E-state index in [1.807, 2.05) is 6.07 Å². The topological polar surface area (TPSA) is 71.1 Å². The number of amides is 1. The first-order valence-corrected chi connectivity index (χ1v) is 8.31. The molecule has 1 heterocycles. The van der Waals surface area contributed by atoms with Crippen LogP contribution >= 0.6 is 11.6 Å². The summed E-state index contributed by atoms with van der Waals surface area (Å²) < 4.78 is 0. The molecular formula is C20H16ClN3O2. The molecule has 0 aliphatic heterocycles. The van der Waals surface area contributed by atoms with Crippen molar-refractivity contribution in [1.29, 1.82) is 0 Å². The van der Waals surface area contributed by atoms with Crippen molar-refractivity contribution in [3.05, 3.63) is 83.0 Å². The molecule has 1 amide bonds. The Labute approximate surface area is 156 Å². The number of carbonyl (C=O) groups is 2. The van der Waals surface area contributed by atoms with Crippen LogP contribution in [0.15, 0.2) is 66.9 Å². The maximum Gasteiger partial charge on any atom is 0.257 e. The summed E-state index contributed by atoms with van der Waals surface area (Å²) in [6.07, 6.45) is 1.55. The number of hydrogen-bond donors (Lipinski definition) is 2. The van der Waals surface area contributed by atoms with E-state index in [-0.39, 0.29) is 11.7 Å². The Balaban J connectivity index is 1.69. The summed E-state index contributed by atoms with van der Waals surface area (Å²) in [4.78, 5) is 28.0. The number of carbonyl (C=O) groups excluding carboxylic acids is 2. The van der Waals surface area contributed by atoms with Gasteiger partial charge in [-0.25, -0.2) is 4.98 Å². The highest BCUT2D eigenvalue weighted by Gasteiger charge is 2.10. The highest BCUT2D eigenvalue weighted by Crippen LogP contribution is 2.20. The first kappa shape index (κ1) is 17.6. The average Bonchev–Trinajstić information content (AvgIpc) is 2.64. The van der Waals surface area contributed by atoms with Gasteiger partial charge in [-0.15, -0.1) is 0 Å². The van der Waals surface area contributed by atoms with E-state index >= 15 is 0 Å². The Bertz CT molecular complexity index is 955. The van der Waals surface area contributed by atoms with E-state index in [1.54, 1.807) is 60.8 Å². The molecule has 1 aromatic heterocycles. The molecule has 3 rings (SSSR count). The monoisotopic (exact) mass is 365 g/mol. The number of aromatic nitrogens is 1. The second-order valence-corrected chi connectivity index (χ2v) is 6.04. The third kappa shape index (κ3) is 4.26. The molecule has 0 spiro atoms. The van der Waals surface area contributed by atoms with Crippen molar-refractivity contribution < 1.29 is 9.59 Å². The number of ketones is 1. The minimum atomic E-state index is -0.299. The van der Waals surface area contributed by atoms with E-state index in [4.69, 9.17) is 11.6 Å². The molecule has 0 saturated carbocycles. The van der Waals surface area contributed by atoms with Crippen molar-refractivity contribution in [2.24, 2.45) is 0 Å². The van der Waals surface area contributed by atoms with Gasteiger partial charge in [0.25, 0.3) is 5.91 Å². The number of Topliss-reactive ketones (excluding diaryl/α,β-unsaturated/α-hetero) is 1. The lowest BCUT2D eigenvalue weighted by Gasteiger charge is -2.09. The fourth-order valence-corrected chi connectivity index (χ4v) is 2.57. The van der Waals surface area contributed by atoms with Crippen LogP contribution in [0.3, 0.4) is 0 Å². The summed E-state index contributed by atoms with van der Waals surface area (Å²) in [7, 11) is 0. The number of anilines is 3. The van der Waals surface area contributed by atoms with Gasteiger partial charge >= 0.3 is 0 Å². The fraction of sp³-hybridized carbons (Fsp3) is 0.0500. The normalized spacial score (nSPS) is 10.2. The van der Waals surface area contributed by atoms with Crippen LogP contribution in [0.5, 0.6) is 0 Å². The summed E-state index contributed by atoms with van der Waals surface area (Å²) in [5, 5.41) is 6.27. The molecule has 130 valence electrons. The van der Waals surface area contributed by atoms with Crippen molar-refractivity contribution in [3.63, 3.8) is 0 Å². The van der Waals surface area contributed by atoms with Crippen molar-refractivity contribution in [1.82, 2.24) is 4.98 Å². The Kier molecular flexibility index (Phi) is 5.29. The molecule has 26 heavy (non-hydrogen) atoms. The van der Waals surface area contributed by atoms with Crippen LogP contribution in [0.4, 0.5) is 17.2 Å². The summed E-state index contributed by atoms with van der Waals surface area (Å²) in [5.74, 6) is 0.299. The summed E-state index contributed by atoms with van der Waals surface area (Å²) in [6, 6.07) is 17.5. The molecule has 0 bridgehead atoms. The summed E-state index contributed by atoms with van der Waals surface area (Å²) in [6.45, 7) is 1.52. The van der Waals surface area contributed by atoms with Crippen LogP contribution in [0, 0.1) is 0 Å². The van der Waals surface area contributed by atoms with E-state index in [2.05, 4.69) is 15.6 Å². The van der Waals surface area contributed by atoms with Crippen LogP contribution in [0.25, 0.3) is 0 Å². The van der Waals surface area contributed by atoms with Gasteiger partial charge in [0, 0.05) is 11.3 Å². The van der Waals surface area contributed by atoms with Crippen LogP contribution in [0.1, 0.15) is 27.6 Å². The summed E-state index contributed by atoms with van der Waals surface area (Å²) >= 11 is 6.03. The third-order valence-electron chi connectivity index (χ3n) is 3.68. The highest BCUT2D eigenvalue weighted by molar-refractivity contribution is 6.34. The van der Waals surface area contributed by atoms with Gasteiger partial charge in [-0.1, -0.05) is 35.9 Å². The number of nitrogens with one attached hydrogen (secondary N) is 2. The van der Waals surface area contributed by atoms with Crippen molar-refractivity contribution in [3.8, 4) is 0 Å². The zero-order chi connectivity index (χ0) is 18.5. The first-order chi connectivity index (χ1) is 12.5. The van der Waals surface area contributed by atoms with Gasteiger partial charge < -0.3 is 10.6 Å². The number of halogens is 1. The van der Waals surface area contributed by atoms with Gasteiger partial charge in [0.1, 0.15) is 5.82 Å². The lowest BCUT2D eigenvalue weighted by atomic mass is 10.1. The molecular weight excluding hydrogens is 350 g/mol. The van der Waals surface area contributed by atoms with E-state index in [0.717, 1.165) is 5.69 Å². The van der Waals surface area contributed by atoms with Gasteiger partial charge in [-0.2, -0.15) is 0 Å². The molecule has 6 heteroatoms. The molecule has 0 aliphatic carbocycles. The minimum Gasteiger partial charge on any atom is -0.340 e. The molecule has 0 aliphatic rings. The molecule has 0 atom stereocenters. The lowest BCUT2D eigenvalue weighted by Crippen LogP contribution is -2.12. The number of hydrogen-bond acceptors (Lipinski definition) is 4. The predicted molar refractivity (Wildman–Crippen MR) is 103 cm³/mol. The molecule has 0 unspecified atom stereocenters. The second-order valence-electron chi connectivity index (χ2n) is 5.63. The van der Waals surface area contributed by atoms with Gasteiger partial charge in [0.2, 0.25) is 0 Å². The highest BCUT2D eigenvalue weighted by atomic mass is 35.5. The Hall–Kier alpha value is -3.18. The maximum absolute atomic E-state index is 12.2. The molecule has 2 aromatic carbocycles.